The predicted octanol–water partition coefficient (Wildman–Crippen LogP) is 1.68. The number of hydrogen-bond acceptors (Lipinski definition) is 4. The molecule has 2 saturated heterocycles. The number of aliphatic carboxylic acids is 1. The molecule has 0 spiro atoms. The van der Waals surface area contributed by atoms with E-state index in [4.69, 9.17) is 4.74 Å². The van der Waals surface area contributed by atoms with Gasteiger partial charge in [-0.05, 0) is 38.0 Å². The summed E-state index contributed by atoms with van der Waals surface area (Å²) in [5, 5.41) is 9.34. The van der Waals surface area contributed by atoms with Gasteiger partial charge < -0.3 is 19.6 Å². The number of carboxylic acid groups (broad SMARTS) is 1. The van der Waals surface area contributed by atoms with Gasteiger partial charge in [0.25, 0.3) is 0 Å². The zero-order valence-electron chi connectivity index (χ0n) is 15.3. The number of carboxylic acids is 1. The zero-order chi connectivity index (χ0) is 19.1. The van der Waals surface area contributed by atoms with Gasteiger partial charge in [0.15, 0.2) is 0 Å². The molecule has 0 bridgehead atoms. The number of anilines is 1. The topological polar surface area (TPSA) is 87.2 Å². The molecule has 140 valence electrons. The van der Waals surface area contributed by atoms with Crippen LogP contribution in [0.2, 0.25) is 0 Å². The molecule has 3 rings (SSSR count). The third-order valence-electron chi connectivity index (χ3n) is 5.40. The number of aryl methyl sites for hydroxylation is 1. The number of methoxy groups -OCH3 is 1. The minimum atomic E-state index is -0.905. The number of nitrogens with zero attached hydrogens (tertiary/aromatic N) is 2. The summed E-state index contributed by atoms with van der Waals surface area (Å²) in [6.07, 6.45) is 0.570. The molecule has 7 heteroatoms. The Morgan fingerprint density at radius 2 is 2.08 bits per heavy atom. The first-order valence-electron chi connectivity index (χ1n) is 8.72. The molecular formula is C19H24N2O5. The van der Waals surface area contributed by atoms with Gasteiger partial charge in [0.1, 0.15) is 5.75 Å². The van der Waals surface area contributed by atoms with Crippen LogP contribution < -0.4 is 9.64 Å². The van der Waals surface area contributed by atoms with Crippen molar-refractivity contribution >= 4 is 23.5 Å². The standard InChI is InChI=1S/C19H24N2O5/c1-12-4-5-15(26-3)14(8-12)21-10-13(9-16(21)22)17(23)20-7-6-19(2,11-20)18(24)25/h4-5,8,13H,6-7,9-11H2,1-3H3,(H,24,25). The fraction of sp³-hybridized carbons (Fsp3) is 0.526. The van der Waals surface area contributed by atoms with Crippen molar-refractivity contribution in [2.75, 3.05) is 31.6 Å². The molecule has 1 N–H and O–H groups in total. The Morgan fingerprint density at radius 3 is 2.69 bits per heavy atom. The number of amides is 2. The number of hydrogen-bond donors (Lipinski definition) is 1. The maximum Gasteiger partial charge on any atom is 0.311 e. The first-order valence-corrected chi connectivity index (χ1v) is 8.72. The maximum atomic E-state index is 12.8. The second kappa shape index (κ2) is 6.63. The number of ether oxygens (including phenoxy) is 1. The van der Waals surface area contributed by atoms with Crippen molar-refractivity contribution in [3.8, 4) is 5.75 Å². The molecule has 2 aliphatic heterocycles. The van der Waals surface area contributed by atoms with Crippen LogP contribution in [-0.4, -0.2) is 54.5 Å². The highest BCUT2D eigenvalue weighted by atomic mass is 16.5. The third-order valence-corrected chi connectivity index (χ3v) is 5.40. The maximum absolute atomic E-state index is 12.8. The largest absolute Gasteiger partial charge is 0.495 e. The van der Waals surface area contributed by atoms with Gasteiger partial charge in [-0.3, -0.25) is 14.4 Å². The van der Waals surface area contributed by atoms with E-state index in [0.29, 0.717) is 24.4 Å². The van der Waals surface area contributed by atoms with Gasteiger partial charge in [0, 0.05) is 26.1 Å². The van der Waals surface area contributed by atoms with E-state index in [-0.39, 0.29) is 31.3 Å². The Balaban J connectivity index is 1.75. The fourth-order valence-corrected chi connectivity index (χ4v) is 3.70. The molecule has 1 aromatic rings. The van der Waals surface area contributed by atoms with Crippen molar-refractivity contribution < 1.29 is 24.2 Å². The van der Waals surface area contributed by atoms with Crippen LogP contribution >= 0.6 is 0 Å². The molecule has 2 fully saturated rings. The highest BCUT2D eigenvalue weighted by Gasteiger charge is 2.45. The lowest BCUT2D eigenvalue weighted by Crippen LogP contribution is -2.39. The molecule has 1 aromatic carbocycles. The van der Waals surface area contributed by atoms with Gasteiger partial charge in [0.05, 0.1) is 24.1 Å². The molecule has 0 radical (unpaired) electrons. The molecule has 2 amide bonds. The van der Waals surface area contributed by atoms with E-state index in [1.807, 2.05) is 25.1 Å². The van der Waals surface area contributed by atoms with E-state index < -0.39 is 17.3 Å². The Labute approximate surface area is 152 Å². The van der Waals surface area contributed by atoms with Gasteiger partial charge in [0.2, 0.25) is 11.8 Å². The summed E-state index contributed by atoms with van der Waals surface area (Å²) in [7, 11) is 1.55. The molecule has 7 nitrogen and oxygen atoms in total. The van der Waals surface area contributed by atoms with Gasteiger partial charge in [-0.15, -0.1) is 0 Å². The third kappa shape index (κ3) is 3.13. The predicted molar refractivity (Wildman–Crippen MR) is 95.1 cm³/mol. The second-order valence-corrected chi connectivity index (χ2v) is 7.46. The summed E-state index contributed by atoms with van der Waals surface area (Å²) >= 11 is 0. The Bertz CT molecular complexity index is 762. The van der Waals surface area contributed by atoms with E-state index in [0.717, 1.165) is 5.56 Å². The Kier molecular flexibility index (Phi) is 4.64. The van der Waals surface area contributed by atoms with Gasteiger partial charge in [-0.1, -0.05) is 6.07 Å². The lowest BCUT2D eigenvalue weighted by molar-refractivity contribution is -0.147. The summed E-state index contributed by atoms with van der Waals surface area (Å²) in [6.45, 7) is 4.49. The number of carbonyl (C=O) groups is 3. The van der Waals surface area contributed by atoms with Crippen LogP contribution in [0, 0.1) is 18.3 Å². The molecule has 0 aliphatic carbocycles. The van der Waals surface area contributed by atoms with Crippen molar-refractivity contribution in [1.29, 1.82) is 0 Å². The van der Waals surface area contributed by atoms with E-state index in [2.05, 4.69) is 0 Å². The van der Waals surface area contributed by atoms with Crippen LogP contribution in [0.1, 0.15) is 25.3 Å². The van der Waals surface area contributed by atoms with Gasteiger partial charge in [-0.2, -0.15) is 0 Å². The molecule has 0 aromatic heterocycles. The number of rotatable bonds is 4. The minimum Gasteiger partial charge on any atom is -0.495 e. The summed E-state index contributed by atoms with van der Waals surface area (Å²) in [5.74, 6) is -1.01. The lowest BCUT2D eigenvalue weighted by Gasteiger charge is -2.23. The minimum absolute atomic E-state index is 0.118. The van der Waals surface area contributed by atoms with Crippen molar-refractivity contribution in [3.05, 3.63) is 23.8 Å². The average molecular weight is 360 g/mol. The van der Waals surface area contributed by atoms with Gasteiger partial charge >= 0.3 is 5.97 Å². The number of likely N-dealkylation sites (tertiary alicyclic amines) is 1. The van der Waals surface area contributed by atoms with Crippen LogP contribution in [0.15, 0.2) is 18.2 Å². The average Bonchev–Trinajstić information content (AvgIpc) is 3.18. The molecule has 2 heterocycles. The van der Waals surface area contributed by atoms with E-state index in [9.17, 15) is 19.5 Å². The smallest absolute Gasteiger partial charge is 0.311 e. The molecule has 2 aliphatic rings. The van der Waals surface area contributed by atoms with Gasteiger partial charge in [-0.25, -0.2) is 0 Å². The summed E-state index contributed by atoms with van der Waals surface area (Å²) in [5.41, 5.74) is 0.766. The van der Waals surface area contributed by atoms with Crippen LogP contribution in [-0.2, 0) is 14.4 Å². The first-order chi connectivity index (χ1) is 12.2. The summed E-state index contributed by atoms with van der Waals surface area (Å²) in [6, 6.07) is 5.59. The quantitative estimate of drug-likeness (QED) is 0.883. The van der Waals surface area contributed by atoms with Crippen LogP contribution in [0.25, 0.3) is 0 Å². The second-order valence-electron chi connectivity index (χ2n) is 7.46. The normalized spacial score (nSPS) is 25.7. The fourth-order valence-electron chi connectivity index (χ4n) is 3.70. The summed E-state index contributed by atoms with van der Waals surface area (Å²) < 4.78 is 5.36. The summed E-state index contributed by atoms with van der Waals surface area (Å²) in [4.78, 5) is 39.9. The SMILES string of the molecule is COc1ccc(C)cc1N1CC(C(=O)N2CCC(C)(C(=O)O)C2)CC1=O. The van der Waals surface area contributed by atoms with Crippen molar-refractivity contribution in [2.24, 2.45) is 11.3 Å². The van der Waals surface area contributed by atoms with E-state index in [1.54, 1.807) is 23.8 Å². The van der Waals surface area contributed by atoms with Crippen LogP contribution in [0.3, 0.4) is 0 Å². The molecule has 26 heavy (non-hydrogen) atoms. The molecule has 2 unspecified atom stereocenters. The first kappa shape index (κ1) is 18.2. The Morgan fingerprint density at radius 1 is 1.35 bits per heavy atom. The highest BCUT2D eigenvalue weighted by Crippen LogP contribution is 2.36. The monoisotopic (exact) mass is 360 g/mol. The number of carbonyl (C=O) groups excluding carboxylic acids is 2. The highest BCUT2D eigenvalue weighted by molar-refractivity contribution is 6.01. The van der Waals surface area contributed by atoms with Crippen molar-refractivity contribution in [1.82, 2.24) is 4.90 Å². The molecule has 2 atom stereocenters. The molecular weight excluding hydrogens is 336 g/mol. The van der Waals surface area contributed by atoms with Crippen LogP contribution in [0.4, 0.5) is 5.69 Å². The number of benzene rings is 1. The van der Waals surface area contributed by atoms with Crippen molar-refractivity contribution in [3.63, 3.8) is 0 Å². The Hall–Kier alpha value is -2.57. The van der Waals surface area contributed by atoms with Crippen molar-refractivity contribution in [2.45, 2.75) is 26.7 Å². The van der Waals surface area contributed by atoms with E-state index >= 15 is 0 Å². The zero-order valence-corrected chi connectivity index (χ0v) is 15.3. The lowest BCUT2D eigenvalue weighted by atomic mass is 9.90. The van der Waals surface area contributed by atoms with E-state index in [1.165, 1.54) is 0 Å². The molecule has 0 saturated carbocycles. The van der Waals surface area contributed by atoms with Crippen LogP contribution in [0.5, 0.6) is 5.75 Å².